The summed E-state index contributed by atoms with van der Waals surface area (Å²) in [5, 5.41) is 9.23. The maximum absolute atomic E-state index is 13.6. The van der Waals surface area contributed by atoms with E-state index in [9.17, 15) is 14.3 Å². The number of hydrogen-bond acceptors (Lipinski definition) is 3. The van der Waals surface area contributed by atoms with Crippen LogP contribution in [-0.2, 0) is 12.8 Å². The first-order valence-electron chi connectivity index (χ1n) is 6.33. The summed E-state index contributed by atoms with van der Waals surface area (Å²) in [6, 6.07) is 7.43. The quantitative estimate of drug-likeness (QED) is 0.932. The van der Waals surface area contributed by atoms with Gasteiger partial charge in [0.15, 0.2) is 11.6 Å². The number of aromatic carboxylic acids is 1. The minimum absolute atomic E-state index is 0.0274. The number of fused-ring (bicyclic) bond motifs is 1. The Kier molecular flexibility index (Phi) is 3.10. The molecule has 0 radical (unpaired) electrons. The molecule has 5 heteroatoms. The molecule has 1 N–H and O–H groups in total. The summed E-state index contributed by atoms with van der Waals surface area (Å²) < 4.78 is 18.9. The molecular formula is C15H12FNO3. The fourth-order valence-electron chi connectivity index (χ4n) is 2.32. The first kappa shape index (κ1) is 12.6. The van der Waals surface area contributed by atoms with Crippen LogP contribution in [0.1, 0.15) is 28.0 Å². The summed E-state index contributed by atoms with van der Waals surface area (Å²) in [5.41, 5.74) is 1.73. The Hall–Kier alpha value is -2.43. The molecule has 0 atom stereocenters. The molecule has 0 amide bonds. The lowest BCUT2D eigenvalue weighted by Crippen LogP contribution is -2.05. The average molecular weight is 273 g/mol. The predicted molar refractivity (Wildman–Crippen MR) is 69.7 cm³/mol. The highest BCUT2D eigenvalue weighted by Gasteiger charge is 2.21. The van der Waals surface area contributed by atoms with Gasteiger partial charge >= 0.3 is 5.97 Å². The number of halogens is 1. The van der Waals surface area contributed by atoms with E-state index in [-0.39, 0.29) is 17.2 Å². The summed E-state index contributed by atoms with van der Waals surface area (Å²) in [6.45, 7) is 0. The SMILES string of the molecule is O=C(O)c1cc2c(nc1Oc1ccccc1F)CCC2. The number of para-hydroxylation sites is 1. The number of rotatable bonds is 3. The number of carboxylic acid groups (broad SMARTS) is 1. The zero-order valence-electron chi connectivity index (χ0n) is 10.6. The Balaban J connectivity index is 2.04. The van der Waals surface area contributed by atoms with Crippen molar-refractivity contribution in [3.8, 4) is 11.6 Å². The maximum atomic E-state index is 13.6. The van der Waals surface area contributed by atoms with Gasteiger partial charge in [0.1, 0.15) is 5.56 Å². The second kappa shape index (κ2) is 4.92. The Bertz CT molecular complexity index is 685. The summed E-state index contributed by atoms with van der Waals surface area (Å²) in [5.74, 6) is -1.76. The number of carboxylic acids is 1. The van der Waals surface area contributed by atoms with Gasteiger partial charge in [0, 0.05) is 5.69 Å². The third-order valence-corrected chi connectivity index (χ3v) is 3.29. The highest BCUT2D eigenvalue weighted by atomic mass is 19.1. The standard InChI is InChI=1S/C15H12FNO3/c16-11-5-1-2-7-13(11)20-14-10(15(18)19)8-9-4-3-6-12(9)17-14/h1-2,5,7-8H,3-4,6H2,(H,18,19). The van der Waals surface area contributed by atoms with Crippen molar-refractivity contribution >= 4 is 5.97 Å². The molecule has 2 aromatic rings. The fourth-order valence-corrected chi connectivity index (χ4v) is 2.32. The van der Waals surface area contributed by atoms with Gasteiger partial charge < -0.3 is 9.84 Å². The number of aryl methyl sites for hydroxylation is 2. The zero-order chi connectivity index (χ0) is 14.1. The van der Waals surface area contributed by atoms with Crippen molar-refractivity contribution in [1.82, 2.24) is 4.98 Å². The van der Waals surface area contributed by atoms with Crippen molar-refractivity contribution < 1.29 is 19.0 Å². The van der Waals surface area contributed by atoms with Crippen LogP contribution in [-0.4, -0.2) is 16.1 Å². The molecule has 1 aliphatic carbocycles. The molecule has 102 valence electrons. The number of carbonyl (C=O) groups is 1. The lowest BCUT2D eigenvalue weighted by molar-refractivity contribution is 0.0693. The largest absolute Gasteiger partial charge is 0.477 e. The maximum Gasteiger partial charge on any atom is 0.341 e. The van der Waals surface area contributed by atoms with Crippen LogP contribution in [0.25, 0.3) is 0 Å². The first-order chi connectivity index (χ1) is 9.65. The van der Waals surface area contributed by atoms with Gasteiger partial charge in [0.2, 0.25) is 5.88 Å². The Morgan fingerprint density at radius 1 is 1.30 bits per heavy atom. The molecular weight excluding hydrogens is 261 g/mol. The molecule has 0 spiro atoms. The molecule has 20 heavy (non-hydrogen) atoms. The van der Waals surface area contributed by atoms with E-state index in [0.717, 1.165) is 30.5 Å². The molecule has 0 aliphatic heterocycles. The fraction of sp³-hybridized carbons (Fsp3) is 0.200. The topological polar surface area (TPSA) is 59.4 Å². The monoisotopic (exact) mass is 273 g/mol. The van der Waals surface area contributed by atoms with Crippen LogP contribution in [0.15, 0.2) is 30.3 Å². The minimum Gasteiger partial charge on any atom is -0.477 e. The zero-order valence-corrected chi connectivity index (χ0v) is 10.6. The van der Waals surface area contributed by atoms with E-state index >= 15 is 0 Å². The van der Waals surface area contributed by atoms with Gasteiger partial charge in [0.05, 0.1) is 0 Å². The van der Waals surface area contributed by atoms with Gasteiger partial charge in [-0.2, -0.15) is 0 Å². The molecule has 0 saturated carbocycles. The highest BCUT2D eigenvalue weighted by Crippen LogP contribution is 2.30. The normalized spacial score (nSPS) is 13.1. The Morgan fingerprint density at radius 2 is 2.10 bits per heavy atom. The molecule has 0 fully saturated rings. The lowest BCUT2D eigenvalue weighted by atomic mass is 10.1. The van der Waals surface area contributed by atoms with Crippen molar-refractivity contribution in [2.45, 2.75) is 19.3 Å². The smallest absolute Gasteiger partial charge is 0.341 e. The molecule has 3 rings (SSSR count). The summed E-state index contributed by atoms with van der Waals surface area (Å²) in [7, 11) is 0. The van der Waals surface area contributed by atoms with Gasteiger partial charge in [-0.1, -0.05) is 12.1 Å². The van der Waals surface area contributed by atoms with Crippen LogP contribution in [0.3, 0.4) is 0 Å². The third-order valence-electron chi connectivity index (χ3n) is 3.29. The molecule has 0 saturated heterocycles. The Labute approximate surface area is 114 Å². The molecule has 1 aromatic carbocycles. The lowest BCUT2D eigenvalue weighted by Gasteiger charge is -2.10. The summed E-state index contributed by atoms with van der Waals surface area (Å²) in [6.07, 6.45) is 2.57. The number of nitrogens with zero attached hydrogens (tertiary/aromatic N) is 1. The Morgan fingerprint density at radius 3 is 2.85 bits per heavy atom. The number of pyridine rings is 1. The van der Waals surface area contributed by atoms with E-state index in [4.69, 9.17) is 4.74 Å². The van der Waals surface area contributed by atoms with Crippen molar-refractivity contribution in [3.63, 3.8) is 0 Å². The molecule has 1 heterocycles. The van der Waals surface area contributed by atoms with E-state index in [0.29, 0.717) is 0 Å². The minimum atomic E-state index is -1.13. The second-order valence-electron chi connectivity index (χ2n) is 4.64. The van der Waals surface area contributed by atoms with E-state index in [1.54, 1.807) is 12.1 Å². The van der Waals surface area contributed by atoms with Gasteiger partial charge in [-0.3, -0.25) is 0 Å². The summed E-state index contributed by atoms with van der Waals surface area (Å²) >= 11 is 0. The van der Waals surface area contributed by atoms with Crippen LogP contribution in [0, 0.1) is 5.82 Å². The first-order valence-corrected chi connectivity index (χ1v) is 6.33. The third kappa shape index (κ3) is 2.22. The van der Waals surface area contributed by atoms with E-state index in [2.05, 4.69) is 4.98 Å². The van der Waals surface area contributed by atoms with Gasteiger partial charge in [-0.25, -0.2) is 14.2 Å². The highest BCUT2D eigenvalue weighted by molar-refractivity contribution is 5.90. The molecule has 0 unspecified atom stereocenters. The van der Waals surface area contributed by atoms with Crippen molar-refractivity contribution in [1.29, 1.82) is 0 Å². The van der Waals surface area contributed by atoms with Crippen molar-refractivity contribution in [2.24, 2.45) is 0 Å². The van der Waals surface area contributed by atoms with Crippen LogP contribution >= 0.6 is 0 Å². The van der Waals surface area contributed by atoms with Crippen LogP contribution < -0.4 is 4.74 Å². The predicted octanol–water partition coefficient (Wildman–Crippen LogP) is 3.20. The van der Waals surface area contributed by atoms with E-state index in [1.165, 1.54) is 18.2 Å². The van der Waals surface area contributed by atoms with Crippen LogP contribution in [0.5, 0.6) is 11.6 Å². The molecule has 0 bridgehead atoms. The summed E-state index contributed by atoms with van der Waals surface area (Å²) in [4.78, 5) is 15.5. The number of benzene rings is 1. The molecule has 1 aromatic heterocycles. The second-order valence-corrected chi connectivity index (χ2v) is 4.64. The van der Waals surface area contributed by atoms with Gasteiger partial charge in [-0.15, -0.1) is 0 Å². The van der Waals surface area contributed by atoms with E-state index < -0.39 is 11.8 Å². The van der Waals surface area contributed by atoms with Gasteiger partial charge in [-0.05, 0) is 43.0 Å². The van der Waals surface area contributed by atoms with Crippen LogP contribution in [0.2, 0.25) is 0 Å². The van der Waals surface area contributed by atoms with Crippen molar-refractivity contribution in [3.05, 3.63) is 53.0 Å². The van der Waals surface area contributed by atoms with E-state index in [1.807, 2.05) is 0 Å². The number of ether oxygens (including phenoxy) is 1. The average Bonchev–Trinajstić information content (AvgIpc) is 2.87. The molecule has 4 nitrogen and oxygen atoms in total. The van der Waals surface area contributed by atoms with Crippen LogP contribution in [0.4, 0.5) is 4.39 Å². The van der Waals surface area contributed by atoms with Crippen molar-refractivity contribution in [2.75, 3.05) is 0 Å². The molecule has 1 aliphatic rings. The number of hydrogen-bond donors (Lipinski definition) is 1. The van der Waals surface area contributed by atoms with Gasteiger partial charge in [0.25, 0.3) is 0 Å². The number of aromatic nitrogens is 1.